The highest BCUT2D eigenvalue weighted by atomic mass is 32.2. The molecule has 0 unspecified atom stereocenters. The van der Waals surface area contributed by atoms with Crippen LogP contribution in [0.2, 0.25) is 0 Å². The van der Waals surface area contributed by atoms with Crippen molar-refractivity contribution >= 4 is 33.2 Å². The number of sulfonamides is 1. The van der Waals surface area contributed by atoms with Crippen molar-refractivity contribution in [3.63, 3.8) is 0 Å². The smallest absolute Gasteiger partial charge is 0.267 e. The van der Waals surface area contributed by atoms with Gasteiger partial charge in [-0.25, -0.2) is 18.4 Å². The van der Waals surface area contributed by atoms with Gasteiger partial charge in [-0.05, 0) is 36.8 Å². The summed E-state index contributed by atoms with van der Waals surface area (Å²) in [7, 11) is -2.04. The molecule has 0 radical (unpaired) electrons. The zero-order valence-electron chi connectivity index (χ0n) is 19.3. The summed E-state index contributed by atoms with van der Waals surface area (Å²) in [5.74, 6) is 0.286. The number of carbonyl (C=O) groups is 2. The Morgan fingerprint density at radius 1 is 1.09 bits per heavy atom. The van der Waals surface area contributed by atoms with E-state index in [1.165, 1.54) is 12.1 Å². The number of aryl methyl sites for hydroxylation is 1. The first-order valence-corrected chi connectivity index (χ1v) is 12.6. The van der Waals surface area contributed by atoms with Crippen molar-refractivity contribution in [1.29, 1.82) is 0 Å². The van der Waals surface area contributed by atoms with Crippen LogP contribution in [0.3, 0.4) is 0 Å². The molecule has 0 saturated carbocycles. The lowest BCUT2D eigenvalue weighted by Gasteiger charge is -2.18. The fourth-order valence-corrected chi connectivity index (χ4v) is 4.70. The second-order valence-corrected chi connectivity index (χ2v) is 9.82. The molecule has 1 aliphatic heterocycles. The number of benzene rings is 2. The van der Waals surface area contributed by atoms with Crippen LogP contribution in [0.5, 0.6) is 0 Å². The van der Waals surface area contributed by atoms with Gasteiger partial charge in [0, 0.05) is 31.1 Å². The lowest BCUT2D eigenvalue weighted by Crippen LogP contribution is -2.37. The minimum absolute atomic E-state index is 0.122. The third-order valence-corrected chi connectivity index (χ3v) is 6.64. The first-order chi connectivity index (χ1) is 16.7. The monoisotopic (exact) mass is 495 g/mol. The molecule has 2 N–H and O–H groups in total. The average molecular weight is 496 g/mol. The Bertz CT molecular complexity index is 1370. The highest BCUT2D eigenvalue weighted by molar-refractivity contribution is 7.91. The van der Waals surface area contributed by atoms with Crippen molar-refractivity contribution < 1.29 is 22.4 Å². The number of aromatic nitrogens is 1. The number of nitrogens with one attached hydrogen (secondary N) is 2. The van der Waals surface area contributed by atoms with Gasteiger partial charge in [0.15, 0.2) is 0 Å². The van der Waals surface area contributed by atoms with E-state index < -0.39 is 10.0 Å². The zero-order chi connectivity index (χ0) is 25.0. The van der Waals surface area contributed by atoms with Crippen LogP contribution in [-0.2, 0) is 31.9 Å². The molecule has 4 rings (SSSR count). The van der Waals surface area contributed by atoms with Crippen LogP contribution in [-0.4, -0.2) is 43.0 Å². The number of nitrogens with zero attached hydrogens (tertiary/aromatic N) is 3. The molecule has 35 heavy (non-hydrogen) atoms. The quantitative estimate of drug-likeness (QED) is 0.494. The van der Waals surface area contributed by atoms with Gasteiger partial charge in [0.2, 0.25) is 21.8 Å². The van der Waals surface area contributed by atoms with E-state index in [1.54, 1.807) is 55.5 Å². The molecule has 1 aromatic heterocycles. The van der Waals surface area contributed by atoms with Gasteiger partial charge >= 0.3 is 0 Å². The Morgan fingerprint density at radius 2 is 1.80 bits per heavy atom. The number of oxazole rings is 1. The summed E-state index contributed by atoms with van der Waals surface area (Å²) in [5.41, 5.74) is 2.63. The SMILES string of the molecule is Cc1oc(-c2ccc(NS(=O)(=O)Cc3ccccc3)cc2)nc1CNC(=O)C1=NN(C)C(=O)CC1. The second kappa shape index (κ2) is 10.1. The molecule has 0 aliphatic carbocycles. The average Bonchev–Trinajstić information content (AvgIpc) is 3.20. The molecule has 10 nitrogen and oxygen atoms in total. The fourth-order valence-electron chi connectivity index (χ4n) is 3.50. The van der Waals surface area contributed by atoms with Crippen molar-refractivity contribution in [2.75, 3.05) is 11.8 Å². The lowest BCUT2D eigenvalue weighted by atomic mass is 10.1. The van der Waals surface area contributed by atoms with Crippen LogP contribution in [0.15, 0.2) is 64.1 Å². The summed E-state index contributed by atoms with van der Waals surface area (Å²) in [5, 5.41) is 7.93. The third kappa shape index (κ3) is 6.12. The van der Waals surface area contributed by atoms with Gasteiger partial charge in [-0.1, -0.05) is 30.3 Å². The third-order valence-electron chi connectivity index (χ3n) is 5.38. The molecular weight excluding hydrogens is 470 g/mol. The Hall–Kier alpha value is -3.99. The molecule has 3 aromatic rings. The van der Waals surface area contributed by atoms with Crippen LogP contribution in [0.4, 0.5) is 5.69 Å². The molecule has 11 heteroatoms. The summed E-state index contributed by atoms with van der Waals surface area (Å²) in [6.07, 6.45) is 0.536. The molecule has 0 saturated heterocycles. The Morgan fingerprint density at radius 3 is 2.49 bits per heavy atom. The van der Waals surface area contributed by atoms with Gasteiger partial charge in [-0.15, -0.1) is 0 Å². The van der Waals surface area contributed by atoms with E-state index in [2.05, 4.69) is 20.1 Å². The van der Waals surface area contributed by atoms with Gasteiger partial charge < -0.3 is 9.73 Å². The maximum absolute atomic E-state index is 12.4. The predicted octanol–water partition coefficient (Wildman–Crippen LogP) is 2.82. The maximum atomic E-state index is 12.4. The van der Waals surface area contributed by atoms with E-state index in [0.717, 1.165) is 0 Å². The Labute approximate surface area is 203 Å². The maximum Gasteiger partial charge on any atom is 0.267 e. The van der Waals surface area contributed by atoms with Crippen molar-refractivity contribution in [3.8, 4) is 11.5 Å². The number of amides is 2. The van der Waals surface area contributed by atoms with Crippen molar-refractivity contribution in [2.24, 2.45) is 5.10 Å². The molecule has 182 valence electrons. The van der Waals surface area contributed by atoms with Crippen LogP contribution < -0.4 is 10.0 Å². The van der Waals surface area contributed by atoms with E-state index >= 15 is 0 Å². The summed E-state index contributed by atoms with van der Waals surface area (Å²) >= 11 is 0. The standard InChI is InChI=1S/C24H25N5O5S/c1-16-21(14-25-23(31)20-12-13-22(30)29(2)27-20)26-24(34-16)18-8-10-19(11-9-18)28-35(32,33)15-17-6-4-3-5-7-17/h3-11,28H,12-15H2,1-2H3,(H,25,31). The molecule has 0 fully saturated rings. The summed E-state index contributed by atoms with van der Waals surface area (Å²) in [6.45, 7) is 1.89. The van der Waals surface area contributed by atoms with Crippen molar-refractivity contribution in [1.82, 2.24) is 15.3 Å². The van der Waals surface area contributed by atoms with Crippen molar-refractivity contribution in [2.45, 2.75) is 32.1 Å². The second-order valence-electron chi connectivity index (χ2n) is 8.09. The molecule has 2 aromatic carbocycles. The lowest BCUT2D eigenvalue weighted by molar-refractivity contribution is -0.130. The van der Waals surface area contributed by atoms with E-state index in [9.17, 15) is 18.0 Å². The zero-order valence-corrected chi connectivity index (χ0v) is 20.1. The van der Waals surface area contributed by atoms with Gasteiger partial charge in [-0.2, -0.15) is 5.10 Å². The highest BCUT2D eigenvalue weighted by Gasteiger charge is 2.22. The Balaban J connectivity index is 1.38. The van der Waals surface area contributed by atoms with Gasteiger partial charge in [0.1, 0.15) is 17.2 Å². The fraction of sp³-hybridized carbons (Fsp3) is 0.250. The van der Waals surface area contributed by atoms with Gasteiger partial charge in [-0.3, -0.25) is 14.3 Å². The molecule has 1 aliphatic rings. The van der Waals surface area contributed by atoms with Crippen LogP contribution in [0, 0.1) is 6.92 Å². The van der Waals surface area contributed by atoms with E-state index in [1.807, 2.05) is 6.07 Å². The number of carbonyl (C=O) groups excluding carboxylic acids is 2. The van der Waals surface area contributed by atoms with Crippen LogP contribution in [0.1, 0.15) is 29.9 Å². The van der Waals surface area contributed by atoms with Gasteiger partial charge in [0.05, 0.1) is 12.3 Å². The summed E-state index contributed by atoms with van der Waals surface area (Å²) in [6, 6.07) is 15.6. The van der Waals surface area contributed by atoms with E-state index in [0.29, 0.717) is 46.3 Å². The molecular formula is C24H25N5O5S. The Kier molecular flexibility index (Phi) is 6.97. The number of hydrogen-bond acceptors (Lipinski definition) is 7. The topological polar surface area (TPSA) is 134 Å². The molecule has 0 bridgehead atoms. The number of rotatable bonds is 8. The van der Waals surface area contributed by atoms with Gasteiger partial charge in [0.25, 0.3) is 5.91 Å². The first-order valence-electron chi connectivity index (χ1n) is 10.9. The number of hydrogen-bond donors (Lipinski definition) is 2. The normalized spacial score (nSPS) is 13.9. The largest absolute Gasteiger partial charge is 0.441 e. The molecule has 2 heterocycles. The van der Waals surface area contributed by atoms with Crippen LogP contribution in [0.25, 0.3) is 11.5 Å². The van der Waals surface area contributed by atoms with E-state index in [4.69, 9.17) is 4.42 Å². The molecule has 2 amide bonds. The minimum Gasteiger partial charge on any atom is -0.441 e. The highest BCUT2D eigenvalue weighted by Crippen LogP contribution is 2.24. The first kappa shape index (κ1) is 24.1. The van der Waals surface area contributed by atoms with Crippen LogP contribution >= 0.6 is 0 Å². The number of hydrazone groups is 1. The van der Waals surface area contributed by atoms with Crippen molar-refractivity contribution in [3.05, 3.63) is 71.6 Å². The van der Waals surface area contributed by atoms with E-state index in [-0.39, 0.29) is 30.5 Å². The molecule has 0 spiro atoms. The summed E-state index contributed by atoms with van der Waals surface area (Å²) < 4.78 is 33.2. The summed E-state index contributed by atoms with van der Waals surface area (Å²) in [4.78, 5) is 28.4. The minimum atomic E-state index is -3.56. The molecule has 0 atom stereocenters. The predicted molar refractivity (Wildman–Crippen MR) is 131 cm³/mol. The number of anilines is 1.